The first-order valence-electron chi connectivity index (χ1n) is 9.60. The van der Waals surface area contributed by atoms with E-state index in [0.29, 0.717) is 5.49 Å². The lowest BCUT2D eigenvalue weighted by molar-refractivity contribution is -0.137. The highest BCUT2D eigenvalue weighted by Crippen LogP contribution is 2.34. The summed E-state index contributed by atoms with van der Waals surface area (Å²) in [7, 11) is 2.29. The molecule has 31 heavy (non-hydrogen) atoms. The zero-order valence-electron chi connectivity index (χ0n) is 18.2. The van der Waals surface area contributed by atoms with Crippen LogP contribution in [-0.4, -0.2) is 36.8 Å². The number of ether oxygens (including phenoxy) is 2. The molecule has 1 heterocycles. The van der Waals surface area contributed by atoms with E-state index in [-0.39, 0.29) is 34.5 Å². The molecule has 0 fully saturated rings. The largest absolute Gasteiger partial charge is 0.465 e. The molecule has 9 heteroatoms. The van der Waals surface area contributed by atoms with Crippen molar-refractivity contribution in [1.82, 2.24) is 4.57 Å². The molecule has 0 aliphatic carbocycles. The molecule has 0 unspecified atom stereocenters. The van der Waals surface area contributed by atoms with E-state index in [4.69, 9.17) is 9.47 Å². The fourth-order valence-corrected chi connectivity index (χ4v) is 3.22. The van der Waals surface area contributed by atoms with Gasteiger partial charge in [-0.2, -0.15) is 13.2 Å². The van der Waals surface area contributed by atoms with Crippen LogP contribution in [0.1, 0.15) is 60.1 Å². The van der Waals surface area contributed by atoms with Gasteiger partial charge in [-0.05, 0) is 51.5 Å². The van der Waals surface area contributed by atoms with E-state index in [2.05, 4.69) is 4.99 Å². The molecule has 0 bridgehead atoms. The summed E-state index contributed by atoms with van der Waals surface area (Å²) in [6.45, 7) is 7.22. The van der Waals surface area contributed by atoms with Crippen LogP contribution in [0.3, 0.4) is 0 Å². The van der Waals surface area contributed by atoms with E-state index in [9.17, 15) is 22.8 Å². The van der Waals surface area contributed by atoms with Crippen LogP contribution >= 0.6 is 0 Å². The Kier molecular flexibility index (Phi) is 7.30. The van der Waals surface area contributed by atoms with E-state index in [1.54, 1.807) is 13.8 Å². The molecule has 2 rings (SSSR count). The van der Waals surface area contributed by atoms with Crippen molar-refractivity contribution in [3.8, 4) is 11.1 Å². The second kappa shape index (κ2) is 9.36. The van der Waals surface area contributed by atoms with Crippen molar-refractivity contribution in [2.75, 3.05) is 14.2 Å². The fraction of sp³-hybridized carbons (Fsp3) is 0.409. The van der Waals surface area contributed by atoms with Crippen LogP contribution in [0.5, 0.6) is 0 Å². The predicted molar refractivity (Wildman–Crippen MR) is 109 cm³/mol. The monoisotopic (exact) mass is 438 g/mol. The molecule has 0 N–H and O–H groups in total. The van der Waals surface area contributed by atoms with Crippen LogP contribution < -0.4 is 5.49 Å². The molecule has 2 aromatic rings. The number of benzene rings is 1. The molecule has 0 amide bonds. The summed E-state index contributed by atoms with van der Waals surface area (Å²) in [5.41, 5.74) is -0.705. The maximum absolute atomic E-state index is 13.3. The molecule has 0 aliphatic rings. The van der Waals surface area contributed by atoms with Gasteiger partial charge in [-0.3, -0.25) is 4.99 Å². The molecule has 168 valence electrons. The Hall–Kier alpha value is -3.10. The standard InChI is InChI=1S/C22H25F3N2O4/c1-12(2)26-17-11-16(14-8-7-9-15(10-14)22(23,24)25)18(20(28)30-5)19(21(29)31-6)27(17)13(3)4/h7-13H,1-6H3. The zero-order valence-corrected chi connectivity index (χ0v) is 18.2. The number of aromatic nitrogens is 1. The van der Waals surface area contributed by atoms with Crippen molar-refractivity contribution in [1.29, 1.82) is 0 Å². The lowest BCUT2D eigenvalue weighted by atomic mass is 9.96. The topological polar surface area (TPSA) is 69.9 Å². The van der Waals surface area contributed by atoms with Gasteiger partial charge in [-0.15, -0.1) is 0 Å². The van der Waals surface area contributed by atoms with Gasteiger partial charge in [0.1, 0.15) is 11.2 Å². The van der Waals surface area contributed by atoms with E-state index in [0.717, 1.165) is 26.4 Å². The third kappa shape index (κ3) is 5.15. The molecule has 0 spiro atoms. The van der Waals surface area contributed by atoms with Gasteiger partial charge in [0.05, 0.1) is 25.3 Å². The van der Waals surface area contributed by atoms with Gasteiger partial charge < -0.3 is 14.0 Å². The number of hydrogen-bond donors (Lipinski definition) is 0. The summed E-state index contributed by atoms with van der Waals surface area (Å²) in [6, 6.07) is 5.51. The maximum Gasteiger partial charge on any atom is 0.416 e. The quantitative estimate of drug-likeness (QED) is 0.638. The van der Waals surface area contributed by atoms with Crippen molar-refractivity contribution >= 4 is 11.9 Å². The number of rotatable bonds is 5. The summed E-state index contributed by atoms with van der Waals surface area (Å²) in [5, 5.41) is 0. The number of alkyl halides is 3. The highest BCUT2D eigenvalue weighted by atomic mass is 19.4. The zero-order chi connectivity index (χ0) is 23.5. The van der Waals surface area contributed by atoms with Crippen LogP contribution in [0.4, 0.5) is 13.2 Å². The van der Waals surface area contributed by atoms with Gasteiger partial charge in [-0.25, -0.2) is 9.59 Å². The number of pyridine rings is 1. The number of methoxy groups -OCH3 is 2. The molecule has 0 saturated heterocycles. The van der Waals surface area contributed by atoms with Crippen molar-refractivity contribution in [3.63, 3.8) is 0 Å². The Morgan fingerprint density at radius 3 is 2.10 bits per heavy atom. The van der Waals surface area contributed by atoms with E-state index in [1.165, 1.54) is 22.8 Å². The fourth-order valence-electron chi connectivity index (χ4n) is 3.22. The van der Waals surface area contributed by atoms with Crippen LogP contribution in [0.25, 0.3) is 11.1 Å². The van der Waals surface area contributed by atoms with Crippen LogP contribution in [0.15, 0.2) is 35.3 Å². The Bertz CT molecular complexity index is 1050. The second-order valence-electron chi connectivity index (χ2n) is 7.39. The van der Waals surface area contributed by atoms with Crippen LogP contribution in [0, 0.1) is 0 Å². The molecule has 0 aliphatic heterocycles. The van der Waals surface area contributed by atoms with Crippen molar-refractivity contribution in [3.05, 3.63) is 52.6 Å². The maximum atomic E-state index is 13.3. The van der Waals surface area contributed by atoms with Gasteiger partial charge in [-0.1, -0.05) is 12.1 Å². The van der Waals surface area contributed by atoms with Gasteiger partial charge in [0, 0.05) is 17.6 Å². The van der Waals surface area contributed by atoms with Crippen molar-refractivity contribution < 1.29 is 32.2 Å². The average Bonchev–Trinajstić information content (AvgIpc) is 2.70. The smallest absolute Gasteiger partial charge is 0.416 e. The summed E-state index contributed by atoms with van der Waals surface area (Å²) in [4.78, 5) is 30.0. The number of hydrogen-bond acceptors (Lipinski definition) is 5. The summed E-state index contributed by atoms with van der Waals surface area (Å²) < 4.78 is 51.2. The Balaban J connectivity index is 3.11. The molecule has 0 saturated carbocycles. The molecular weight excluding hydrogens is 413 g/mol. The van der Waals surface area contributed by atoms with Gasteiger partial charge in [0.2, 0.25) is 0 Å². The minimum absolute atomic E-state index is 0.0923. The lowest BCUT2D eigenvalue weighted by Gasteiger charge is -2.22. The first-order chi connectivity index (χ1) is 14.4. The van der Waals surface area contributed by atoms with Gasteiger partial charge >= 0.3 is 18.1 Å². The number of carbonyl (C=O) groups excluding carboxylic acids is 2. The lowest BCUT2D eigenvalue weighted by Crippen LogP contribution is -2.33. The third-order valence-electron chi connectivity index (χ3n) is 4.44. The average molecular weight is 438 g/mol. The molecule has 1 aromatic heterocycles. The molecule has 6 nitrogen and oxygen atoms in total. The number of halogens is 3. The van der Waals surface area contributed by atoms with Crippen LogP contribution in [-0.2, 0) is 15.7 Å². The summed E-state index contributed by atoms with van der Waals surface area (Å²) in [5.74, 6) is -1.71. The summed E-state index contributed by atoms with van der Waals surface area (Å²) in [6.07, 6.45) is -4.58. The Morgan fingerprint density at radius 2 is 1.61 bits per heavy atom. The normalized spacial score (nSPS) is 12.4. The first kappa shape index (κ1) is 24.2. The van der Waals surface area contributed by atoms with Gasteiger partial charge in [0.15, 0.2) is 0 Å². The highest BCUT2D eigenvalue weighted by molar-refractivity contribution is 6.06. The first-order valence-corrected chi connectivity index (χ1v) is 9.60. The Morgan fingerprint density at radius 1 is 1.00 bits per heavy atom. The van der Waals surface area contributed by atoms with E-state index in [1.807, 2.05) is 13.8 Å². The minimum atomic E-state index is -4.58. The molecule has 0 radical (unpaired) electrons. The number of carbonyl (C=O) groups is 2. The highest BCUT2D eigenvalue weighted by Gasteiger charge is 2.32. The van der Waals surface area contributed by atoms with E-state index >= 15 is 0 Å². The molecule has 1 aromatic carbocycles. The predicted octanol–water partition coefficient (Wildman–Crippen LogP) is 4.64. The molecule has 0 atom stereocenters. The van der Waals surface area contributed by atoms with E-state index < -0.39 is 23.7 Å². The van der Waals surface area contributed by atoms with Gasteiger partial charge in [0.25, 0.3) is 0 Å². The number of nitrogens with zero attached hydrogens (tertiary/aromatic N) is 2. The Labute approximate surface area is 178 Å². The third-order valence-corrected chi connectivity index (χ3v) is 4.44. The number of esters is 2. The van der Waals surface area contributed by atoms with Crippen molar-refractivity contribution in [2.45, 2.75) is 46.0 Å². The second-order valence-corrected chi connectivity index (χ2v) is 7.39. The summed E-state index contributed by atoms with van der Waals surface area (Å²) >= 11 is 0. The van der Waals surface area contributed by atoms with Crippen LogP contribution in [0.2, 0.25) is 0 Å². The van der Waals surface area contributed by atoms with Crippen molar-refractivity contribution in [2.24, 2.45) is 4.99 Å². The minimum Gasteiger partial charge on any atom is -0.465 e. The molecular formula is C22H25F3N2O4. The SMILES string of the molecule is COC(=O)c1c(-c2cccc(C(F)(F)F)c2)cc(=NC(C)C)n(C(C)C)c1C(=O)OC.